The summed E-state index contributed by atoms with van der Waals surface area (Å²) in [6.07, 6.45) is 0. The van der Waals surface area contributed by atoms with Crippen LogP contribution >= 0.6 is 11.6 Å². The Hall–Kier alpha value is -2.86. The molecule has 130 valence electrons. The molecule has 0 aromatic heterocycles. The Balaban J connectivity index is 1.80. The lowest BCUT2D eigenvalue weighted by atomic mass is 10.2. The Morgan fingerprint density at radius 2 is 1.72 bits per heavy atom. The van der Waals surface area contributed by atoms with Crippen LogP contribution in [0.3, 0.4) is 0 Å². The van der Waals surface area contributed by atoms with E-state index >= 15 is 0 Å². The molecule has 0 heterocycles. The van der Waals surface area contributed by atoms with Gasteiger partial charge in [0.25, 0.3) is 5.91 Å². The van der Waals surface area contributed by atoms with Crippen molar-refractivity contribution in [3.8, 4) is 0 Å². The Bertz CT molecular complexity index is 775. The number of hydrogen-bond donors (Lipinski definition) is 2. The van der Waals surface area contributed by atoms with Crippen molar-refractivity contribution in [2.24, 2.45) is 0 Å². The lowest BCUT2D eigenvalue weighted by Gasteiger charge is -2.08. The molecule has 0 saturated carbocycles. The van der Waals surface area contributed by atoms with Gasteiger partial charge in [-0.15, -0.1) is 0 Å². The van der Waals surface area contributed by atoms with Gasteiger partial charge in [0.15, 0.2) is 6.61 Å². The topological polar surface area (TPSA) is 84.5 Å². The first-order valence-corrected chi connectivity index (χ1v) is 7.88. The van der Waals surface area contributed by atoms with Gasteiger partial charge >= 0.3 is 5.97 Å². The summed E-state index contributed by atoms with van der Waals surface area (Å²) in [7, 11) is 0. The molecular weight excluding hydrogens is 344 g/mol. The van der Waals surface area contributed by atoms with Gasteiger partial charge in [-0.25, -0.2) is 4.79 Å². The number of ether oxygens (including phenoxy) is 1. The zero-order valence-corrected chi connectivity index (χ0v) is 14.3. The van der Waals surface area contributed by atoms with Gasteiger partial charge in [0, 0.05) is 24.2 Å². The number of carbonyl (C=O) groups excluding carboxylic acids is 3. The largest absolute Gasteiger partial charge is 0.452 e. The summed E-state index contributed by atoms with van der Waals surface area (Å²) in [5.74, 6) is -1.25. The Kier molecular flexibility index (Phi) is 6.54. The number of hydrogen-bond acceptors (Lipinski definition) is 4. The van der Waals surface area contributed by atoms with Crippen LogP contribution in [0.15, 0.2) is 48.5 Å². The molecule has 25 heavy (non-hydrogen) atoms. The maximum atomic E-state index is 11.9. The third kappa shape index (κ3) is 5.93. The summed E-state index contributed by atoms with van der Waals surface area (Å²) in [5.41, 5.74) is 1.63. The minimum Gasteiger partial charge on any atom is -0.452 e. The molecule has 0 aliphatic rings. The third-order valence-corrected chi connectivity index (χ3v) is 3.58. The molecule has 2 amide bonds. The highest BCUT2D eigenvalue weighted by Gasteiger charge is 2.10. The zero-order valence-electron chi connectivity index (χ0n) is 13.5. The fourth-order valence-electron chi connectivity index (χ4n) is 1.99. The lowest BCUT2D eigenvalue weighted by Crippen LogP contribution is -2.28. The number of rotatable bonds is 6. The van der Waals surface area contributed by atoms with Gasteiger partial charge in [0.2, 0.25) is 5.91 Å². The molecule has 2 aromatic carbocycles. The van der Waals surface area contributed by atoms with E-state index in [1.807, 2.05) is 6.07 Å². The molecule has 0 aliphatic carbocycles. The van der Waals surface area contributed by atoms with Gasteiger partial charge in [-0.05, 0) is 35.9 Å². The van der Waals surface area contributed by atoms with Crippen LogP contribution in [-0.4, -0.2) is 24.4 Å². The van der Waals surface area contributed by atoms with Crippen LogP contribution in [-0.2, 0) is 20.9 Å². The fourth-order valence-corrected chi connectivity index (χ4v) is 2.20. The molecule has 7 heteroatoms. The molecule has 0 radical (unpaired) electrons. The zero-order chi connectivity index (χ0) is 18.2. The van der Waals surface area contributed by atoms with Crippen molar-refractivity contribution in [3.63, 3.8) is 0 Å². The van der Waals surface area contributed by atoms with Crippen molar-refractivity contribution in [2.45, 2.75) is 13.5 Å². The molecule has 0 aliphatic heterocycles. The number of anilines is 1. The van der Waals surface area contributed by atoms with Crippen molar-refractivity contribution in [3.05, 3.63) is 64.7 Å². The molecule has 0 atom stereocenters. The van der Waals surface area contributed by atoms with E-state index in [0.717, 1.165) is 5.56 Å². The SMILES string of the molecule is CC(=O)Nc1ccc(C(=O)OCC(=O)NCc2ccccc2Cl)cc1. The molecule has 0 spiro atoms. The van der Waals surface area contributed by atoms with E-state index in [0.29, 0.717) is 10.7 Å². The van der Waals surface area contributed by atoms with E-state index in [2.05, 4.69) is 10.6 Å². The maximum Gasteiger partial charge on any atom is 0.338 e. The van der Waals surface area contributed by atoms with Gasteiger partial charge < -0.3 is 15.4 Å². The first kappa shape index (κ1) is 18.5. The predicted molar refractivity (Wildman–Crippen MR) is 94.3 cm³/mol. The summed E-state index contributed by atoms with van der Waals surface area (Å²) >= 11 is 6.00. The van der Waals surface area contributed by atoms with Crippen molar-refractivity contribution in [2.75, 3.05) is 11.9 Å². The molecule has 2 aromatic rings. The highest BCUT2D eigenvalue weighted by molar-refractivity contribution is 6.31. The number of esters is 1. The van der Waals surface area contributed by atoms with Crippen LogP contribution in [0, 0.1) is 0 Å². The Morgan fingerprint density at radius 1 is 1.04 bits per heavy atom. The highest BCUT2D eigenvalue weighted by atomic mass is 35.5. The van der Waals surface area contributed by atoms with Gasteiger partial charge in [-0.2, -0.15) is 0 Å². The third-order valence-electron chi connectivity index (χ3n) is 3.21. The summed E-state index contributed by atoms with van der Waals surface area (Å²) in [4.78, 5) is 34.6. The van der Waals surface area contributed by atoms with Crippen LogP contribution in [0.25, 0.3) is 0 Å². The van der Waals surface area contributed by atoms with Crippen LogP contribution in [0.4, 0.5) is 5.69 Å². The first-order valence-electron chi connectivity index (χ1n) is 7.50. The van der Waals surface area contributed by atoms with Crippen molar-refractivity contribution in [1.82, 2.24) is 5.32 Å². The smallest absolute Gasteiger partial charge is 0.338 e. The molecule has 2 N–H and O–H groups in total. The van der Waals surface area contributed by atoms with Crippen LogP contribution in [0.5, 0.6) is 0 Å². The Labute approximate surface area is 150 Å². The highest BCUT2D eigenvalue weighted by Crippen LogP contribution is 2.14. The van der Waals surface area contributed by atoms with Crippen molar-refractivity contribution >= 4 is 35.1 Å². The van der Waals surface area contributed by atoms with E-state index in [4.69, 9.17) is 16.3 Å². The summed E-state index contributed by atoms with van der Waals surface area (Å²) in [6.45, 7) is 1.25. The maximum absolute atomic E-state index is 11.9. The minimum absolute atomic E-state index is 0.203. The number of amides is 2. The molecule has 0 fully saturated rings. The van der Waals surface area contributed by atoms with Crippen LogP contribution in [0.1, 0.15) is 22.8 Å². The predicted octanol–water partition coefficient (Wildman–Crippen LogP) is 2.77. The Morgan fingerprint density at radius 3 is 2.36 bits per heavy atom. The first-order chi connectivity index (χ1) is 12.0. The van der Waals surface area contributed by atoms with Gasteiger partial charge in [0.1, 0.15) is 0 Å². The number of carbonyl (C=O) groups is 3. The van der Waals surface area contributed by atoms with Gasteiger partial charge in [0.05, 0.1) is 5.56 Å². The molecular formula is C18H17ClN2O4. The molecule has 0 bridgehead atoms. The summed E-state index contributed by atoms with van der Waals surface area (Å²) < 4.78 is 4.96. The standard InChI is InChI=1S/C18H17ClN2O4/c1-12(22)21-15-8-6-13(7-9-15)18(24)25-11-17(23)20-10-14-4-2-3-5-16(14)19/h2-9H,10-11H2,1H3,(H,20,23)(H,21,22). The van der Waals surface area contributed by atoms with E-state index in [1.54, 1.807) is 30.3 Å². The average molecular weight is 361 g/mol. The number of nitrogens with one attached hydrogen (secondary N) is 2. The van der Waals surface area contributed by atoms with Gasteiger partial charge in [-0.3, -0.25) is 9.59 Å². The van der Waals surface area contributed by atoms with Crippen molar-refractivity contribution < 1.29 is 19.1 Å². The number of benzene rings is 2. The van der Waals surface area contributed by atoms with E-state index in [9.17, 15) is 14.4 Å². The number of halogens is 1. The van der Waals surface area contributed by atoms with Crippen LogP contribution in [0.2, 0.25) is 5.02 Å². The fraction of sp³-hybridized carbons (Fsp3) is 0.167. The van der Waals surface area contributed by atoms with Crippen molar-refractivity contribution in [1.29, 1.82) is 0 Å². The molecule has 0 saturated heterocycles. The monoisotopic (exact) mass is 360 g/mol. The van der Waals surface area contributed by atoms with E-state index < -0.39 is 18.5 Å². The van der Waals surface area contributed by atoms with E-state index in [-0.39, 0.29) is 18.0 Å². The average Bonchev–Trinajstić information content (AvgIpc) is 2.59. The second-order valence-corrected chi connectivity index (χ2v) is 5.61. The molecule has 0 unspecified atom stereocenters. The van der Waals surface area contributed by atoms with E-state index in [1.165, 1.54) is 19.1 Å². The molecule has 6 nitrogen and oxygen atoms in total. The summed E-state index contributed by atoms with van der Waals surface area (Å²) in [6, 6.07) is 13.3. The summed E-state index contributed by atoms with van der Waals surface area (Å²) in [5, 5.41) is 5.78. The lowest BCUT2D eigenvalue weighted by molar-refractivity contribution is -0.124. The molecule has 2 rings (SSSR count). The quantitative estimate of drug-likeness (QED) is 0.776. The van der Waals surface area contributed by atoms with Crippen LogP contribution < -0.4 is 10.6 Å². The minimum atomic E-state index is -0.623. The van der Waals surface area contributed by atoms with Gasteiger partial charge in [-0.1, -0.05) is 29.8 Å². The normalized spacial score (nSPS) is 10.0. The second kappa shape index (κ2) is 8.84. The second-order valence-electron chi connectivity index (χ2n) is 5.20.